The molecule has 0 unspecified atom stereocenters. The highest BCUT2D eigenvalue weighted by Gasteiger charge is 1.87. The second-order valence-electron chi connectivity index (χ2n) is 2.52. The van der Waals surface area contributed by atoms with E-state index >= 15 is 0 Å². The van der Waals surface area contributed by atoms with Gasteiger partial charge in [0.25, 0.3) is 0 Å². The zero-order valence-corrected chi connectivity index (χ0v) is 6.79. The second-order valence-corrected chi connectivity index (χ2v) is 2.52. The fourth-order valence-electron chi connectivity index (χ4n) is 0.884. The molecule has 0 saturated heterocycles. The predicted octanol–water partition coefficient (Wildman–Crippen LogP) is 1.72. The van der Waals surface area contributed by atoms with Gasteiger partial charge >= 0.3 is 0 Å². The molecule has 1 aromatic rings. The van der Waals surface area contributed by atoms with Crippen LogP contribution in [0, 0.1) is 6.92 Å². The lowest BCUT2D eigenvalue weighted by Gasteiger charge is -2.10. The fraction of sp³-hybridized carbons (Fsp3) is 0.200. The van der Waals surface area contributed by atoms with E-state index in [-0.39, 0.29) is 5.76 Å². The molecule has 1 aromatic carbocycles. The molecule has 1 nitrogen and oxygen atoms in total. The van der Waals surface area contributed by atoms with Gasteiger partial charge in [-0.25, -0.2) is 0 Å². The van der Waals surface area contributed by atoms with Crippen molar-refractivity contribution >= 4 is 5.76 Å². The number of rotatable bonds is 1. The molecule has 0 aromatic heterocycles. The van der Waals surface area contributed by atoms with Crippen molar-refractivity contribution in [2.45, 2.75) is 13.8 Å². The number of hydrogen-bond acceptors (Lipinski definition) is 1. The quantitative estimate of drug-likeness (QED) is 0.554. The smallest absolute Gasteiger partial charge is 0.0339 e. The lowest BCUT2D eigenvalue weighted by Crippen LogP contribution is -2.00. The third kappa shape index (κ3) is 1.84. The van der Waals surface area contributed by atoms with Gasteiger partial charge in [0.15, 0.2) is 0 Å². The summed E-state index contributed by atoms with van der Waals surface area (Å²) in [6.45, 7) is 3.76. The van der Waals surface area contributed by atoms with Crippen LogP contribution in [0.2, 0.25) is 0 Å². The lowest BCUT2D eigenvalue weighted by atomic mass is 10.1. The molecule has 0 atom stereocenters. The molecule has 0 fully saturated rings. The number of hydrogen-bond donors (Lipinski definition) is 0. The monoisotopic (exact) mass is 147 g/mol. The van der Waals surface area contributed by atoms with Gasteiger partial charge in [0.2, 0.25) is 0 Å². The van der Waals surface area contributed by atoms with Crippen LogP contribution in [-0.2, 0) is 0 Å². The molecule has 0 aliphatic rings. The first kappa shape index (κ1) is 7.86. The zero-order chi connectivity index (χ0) is 8.27. The predicted molar refractivity (Wildman–Crippen MR) is 44.8 cm³/mol. The Morgan fingerprint density at radius 2 is 1.82 bits per heavy atom. The SMILES string of the molecule is C/C=C(\[O-])c1ccc(C)cc1. The third-order valence-electron chi connectivity index (χ3n) is 1.60. The van der Waals surface area contributed by atoms with Crippen molar-refractivity contribution in [1.29, 1.82) is 0 Å². The largest absolute Gasteiger partial charge is 0.872 e. The maximum atomic E-state index is 11.1. The minimum Gasteiger partial charge on any atom is -0.872 e. The van der Waals surface area contributed by atoms with E-state index in [4.69, 9.17) is 0 Å². The molecule has 0 spiro atoms. The van der Waals surface area contributed by atoms with E-state index in [9.17, 15) is 5.11 Å². The lowest BCUT2D eigenvalue weighted by molar-refractivity contribution is -0.244. The van der Waals surface area contributed by atoms with Gasteiger partial charge in [-0.1, -0.05) is 35.9 Å². The minimum absolute atomic E-state index is 0.0880. The van der Waals surface area contributed by atoms with E-state index in [0.717, 1.165) is 5.56 Å². The zero-order valence-electron chi connectivity index (χ0n) is 6.79. The summed E-state index contributed by atoms with van der Waals surface area (Å²) in [5.41, 5.74) is 1.94. The highest BCUT2D eigenvalue weighted by atomic mass is 16.3. The molecule has 0 saturated carbocycles. The molecular weight excluding hydrogens is 136 g/mol. The highest BCUT2D eigenvalue weighted by molar-refractivity contribution is 5.56. The van der Waals surface area contributed by atoms with Crippen molar-refractivity contribution in [3.05, 3.63) is 41.5 Å². The van der Waals surface area contributed by atoms with Crippen molar-refractivity contribution < 1.29 is 5.11 Å². The molecule has 0 heterocycles. The number of allylic oxidation sites excluding steroid dienone is 1. The Morgan fingerprint density at radius 1 is 1.27 bits per heavy atom. The van der Waals surface area contributed by atoms with Crippen molar-refractivity contribution in [2.75, 3.05) is 0 Å². The van der Waals surface area contributed by atoms with E-state index < -0.39 is 0 Å². The van der Waals surface area contributed by atoms with Crippen LogP contribution >= 0.6 is 0 Å². The molecule has 1 rings (SSSR count). The normalized spacial score (nSPS) is 11.6. The van der Waals surface area contributed by atoms with Gasteiger partial charge in [0.05, 0.1) is 0 Å². The first-order chi connectivity index (χ1) is 5.24. The molecule has 58 valence electrons. The Bertz CT molecular complexity index is 257. The van der Waals surface area contributed by atoms with E-state index in [1.54, 1.807) is 13.0 Å². The van der Waals surface area contributed by atoms with Crippen molar-refractivity contribution in [3.8, 4) is 0 Å². The van der Waals surface area contributed by atoms with Crippen molar-refractivity contribution in [1.82, 2.24) is 0 Å². The Kier molecular flexibility index (Phi) is 2.32. The molecule has 0 N–H and O–H groups in total. The topological polar surface area (TPSA) is 23.1 Å². The summed E-state index contributed by atoms with van der Waals surface area (Å²) in [7, 11) is 0. The summed E-state index contributed by atoms with van der Waals surface area (Å²) in [6.07, 6.45) is 1.57. The highest BCUT2D eigenvalue weighted by Crippen LogP contribution is 2.08. The standard InChI is InChI=1S/C10H12O/c1-3-10(11)9-6-4-8(2)5-7-9/h3-7,11H,1-2H3/p-1/b10-3-. The molecular formula is C10H11O-. The van der Waals surface area contributed by atoms with Gasteiger partial charge in [0, 0.05) is 0 Å². The van der Waals surface area contributed by atoms with Gasteiger partial charge in [-0.05, 0) is 19.4 Å². The summed E-state index contributed by atoms with van der Waals surface area (Å²) in [5, 5.41) is 11.1. The van der Waals surface area contributed by atoms with Crippen LogP contribution < -0.4 is 5.11 Å². The van der Waals surface area contributed by atoms with Crippen LogP contribution in [0.5, 0.6) is 0 Å². The summed E-state index contributed by atoms with van der Waals surface area (Å²) >= 11 is 0. The third-order valence-corrected chi connectivity index (χ3v) is 1.60. The average molecular weight is 147 g/mol. The maximum absolute atomic E-state index is 11.1. The first-order valence-electron chi connectivity index (χ1n) is 3.64. The van der Waals surface area contributed by atoms with Crippen LogP contribution in [0.25, 0.3) is 5.76 Å². The van der Waals surface area contributed by atoms with Crippen molar-refractivity contribution in [2.24, 2.45) is 0 Å². The van der Waals surface area contributed by atoms with E-state index in [2.05, 4.69) is 0 Å². The fourth-order valence-corrected chi connectivity index (χ4v) is 0.884. The van der Waals surface area contributed by atoms with Gasteiger partial charge < -0.3 is 5.11 Å². The van der Waals surface area contributed by atoms with Gasteiger partial charge in [-0.3, -0.25) is 0 Å². The Morgan fingerprint density at radius 3 is 2.27 bits per heavy atom. The van der Waals surface area contributed by atoms with Gasteiger partial charge in [-0.15, -0.1) is 5.76 Å². The Labute approximate surface area is 67.0 Å². The molecule has 0 aliphatic carbocycles. The van der Waals surface area contributed by atoms with Crippen LogP contribution in [0.15, 0.2) is 30.3 Å². The van der Waals surface area contributed by atoms with Crippen LogP contribution in [0.3, 0.4) is 0 Å². The minimum atomic E-state index is 0.0880. The van der Waals surface area contributed by atoms with Gasteiger partial charge in [0.1, 0.15) is 0 Å². The van der Waals surface area contributed by atoms with E-state index in [1.807, 2.05) is 31.2 Å². The second kappa shape index (κ2) is 3.24. The summed E-state index contributed by atoms with van der Waals surface area (Å²) in [6, 6.07) is 7.57. The maximum Gasteiger partial charge on any atom is -0.0339 e. The summed E-state index contributed by atoms with van der Waals surface area (Å²) < 4.78 is 0. The Hall–Kier alpha value is -1.24. The molecule has 1 heteroatoms. The number of aryl methyl sites for hydroxylation is 1. The van der Waals surface area contributed by atoms with Crippen LogP contribution in [0.4, 0.5) is 0 Å². The summed E-state index contributed by atoms with van der Waals surface area (Å²) in [5.74, 6) is 0.0880. The van der Waals surface area contributed by atoms with E-state index in [0.29, 0.717) is 0 Å². The molecule has 11 heavy (non-hydrogen) atoms. The number of benzene rings is 1. The molecule has 0 bridgehead atoms. The van der Waals surface area contributed by atoms with Crippen LogP contribution in [0.1, 0.15) is 18.1 Å². The molecule has 0 radical (unpaired) electrons. The summed E-state index contributed by atoms with van der Waals surface area (Å²) in [4.78, 5) is 0. The van der Waals surface area contributed by atoms with Gasteiger partial charge in [-0.2, -0.15) is 0 Å². The first-order valence-corrected chi connectivity index (χ1v) is 3.64. The average Bonchev–Trinajstić information content (AvgIpc) is 2.05. The van der Waals surface area contributed by atoms with Crippen molar-refractivity contribution in [3.63, 3.8) is 0 Å². The molecule has 0 aliphatic heterocycles. The van der Waals surface area contributed by atoms with Crippen LogP contribution in [-0.4, -0.2) is 0 Å². The Balaban J connectivity index is 2.99. The molecule has 0 amide bonds. The van der Waals surface area contributed by atoms with E-state index in [1.165, 1.54) is 5.56 Å².